The van der Waals surface area contributed by atoms with Gasteiger partial charge in [-0.15, -0.1) is 23.4 Å². The fourth-order valence-corrected chi connectivity index (χ4v) is 3.38. The van der Waals surface area contributed by atoms with Crippen LogP contribution in [0.3, 0.4) is 0 Å². The van der Waals surface area contributed by atoms with Gasteiger partial charge in [0.1, 0.15) is 0 Å². The summed E-state index contributed by atoms with van der Waals surface area (Å²) in [6.45, 7) is 6.29. The second-order valence-corrected chi connectivity index (χ2v) is 6.87. The summed E-state index contributed by atoms with van der Waals surface area (Å²) in [5, 5.41) is 4.40. The van der Waals surface area contributed by atoms with E-state index in [0.717, 1.165) is 13.1 Å². The number of thioether (sulfide) groups is 1. The SMILES string of the molecule is CC(C)C(Cl)CNCC1Cc2ccccc2S1. The molecule has 1 aliphatic heterocycles. The zero-order valence-electron chi connectivity index (χ0n) is 10.4. The van der Waals surface area contributed by atoms with Crippen LogP contribution in [0.15, 0.2) is 29.2 Å². The van der Waals surface area contributed by atoms with Crippen molar-refractivity contribution in [2.75, 3.05) is 13.1 Å². The smallest absolute Gasteiger partial charge is 0.0483 e. The van der Waals surface area contributed by atoms with Crippen LogP contribution in [0, 0.1) is 5.92 Å². The summed E-state index contributed by atoms with van der Waals surface area (Å²) in [6, 6.07) is 8.71. The van der Waals surface area contributed by atoms with Gasteiger partial charge < -0.3 is 5.32 Å². The molecule has 1 nitrogen and oxygen atoms in total. The van der Waals surface area contributed by atoms with Gasteiger partial charge in [0.2, 0.25) is 0 Å². The summed E-state index contributed by atoms with van der Waals surface area (Å²) in [6.07, 6.45) is 1.18. The first-order chi connectivity index (χ1) is 8.16. The molecule has 0 spiro atoms. The summed E-state index contributed by atoms with van der Waals surface area (Å²) < 4.78 is 0. The highest BCUT2D eigenvalue weighted by atomic mass is 35.5. The third-order valence-corrected chi connectivity index (χ3v) is 5.13. The van der Waals surface area contributed by atoms with Crippen LogP contribution in [0.2, 0.25) is 0 Å². The quantitative estimate of drug-likeness (QED) is 0.821. The fraction of sp³-hybridized carbons (Fsp3) is 0.571. The lowest BCUT2D eigenvalue weighted by Crippen LogP contribution is -2.31. The van der Waals surface area contributed by atoms with E-state index in [1.165, 1.54) is 16.9 Å². The Bertz CT molecular complexity index is 342. The fourth-order valence-electron chi connectivity index (χ4n) is 1.99. The molecule has 0 aliphatic carbocycles. The molecule has 1 aromatic carbocycles. The number of hydrogen-bond donors (Lipinski definition) is 1. The molecule has 94 valence electrons. The average Bonchev–Trinajstić information content (AvgIpc) is 2.71. The van der Waals surface area contributed by atoms with E-state index in [1.54, 1.807) is 0 Å². The standard InChI is InChI=1S/C14H20ClNS/c1-10(2)13(15)9-16-8-12-7-11-5-3-4-6-14(11)17-12/h3-6,10,12-13,16H,7-9H2,1-2H3. The molecule has 1 heterocycles. The monoisotopic (exact) mass is 269 g/mol. The molecule has 0 amide bonds. The summed E-state index contributed by atoms with van der Waals surface area (Å²) in [7, 11) is 0. The zero-order chi connectivity index (χ0) is 12.3. The van der Waals surface area contributed by atoms with Crippen molar-refractivity contribution in [1.29, 1.82) is 0 Å². The van der Waals surface area contributed by atoms with Crippen LogP contribution >= 0.6 is 23.4 Å². The molecular weight excluding hydrogens is 250 g/mol. The maximum Gasteiger partial charge on any atom is 0.0483 e. The molecule has 2 rings (SSSR count). The van der Waals surface area contributed by atoms with Crippen molar-refractivity contribution in [3.63, 3.8) is 0 Å². The summed E-state index contributed by atoms with van der Waals surface area (Å²) in [5.41, 5.74) is 1.50. The molecule has 0 saturated heterocycles. The molecule has 0 radical (unpaired) electrons. The number of rotatable bonds is 5. The van der Waals surface area contributed by atoms with Crippen LogP contribution in [0.5, 0.6) is 0 Å². The maximum atomic E-state index is 6.22. The largest absolute Gasteiger partial charge is 0.314 e. The minimum atomic E-state index is 0.240. The Morgan fingerprint density at radius 2 is 2.18 bits per heavy atom. The number of fused-ring (bicyclic) bond motifs is 1. The van der Waals surface area contributed by atoms with Crippen LogP contribution in [-0.2, 0) is 6.42 Å². The lowest BCUT2D eigenvalue weighted by atomic mass is 10.1. The van der Waals surface area contributed by atoms with Gasteiger partial charge >= 0.3 is 0 Å². The Morgan fingerprint density at radius 1 is 1.41 bits per heavy atom. The molecule has 1 aromatic rings. The molecule has 2 atom stereocenters. The maximum absolute atomic E-state index is 6.22. The van der Waals surface area contributed by atoms with Crippen molar-refractivity contribution in [2.45, 2.75) is 35.8 Å². The van der Waals surface area contributed by atoms with Crippen LogP contribution in [0.1, 0.15) is 19.4 Å². The molecule has 3 heteroatoms. The molecule has 17 heavy (non-hydrogen) atoms. The van der Waals surface area contributed by atoms with Gasteiger partial charge in [-0.2, -0.15) is 0 Å². The van der Waals surface area contributed by atoms with E-state index in [1.807, 2.05) is 11.8 Å². The van der Waals surface area contributed by atoms with Crippen molar-refractivity contribution >= 4 is 23.4 Å². The Hall–Kier alpha value is -0.180. The molecular formula is C14H20ClNS. The Morgan fingerprint density at radius 3 is 2.88 bits per heavy atom. The van der Waals surface area contributed by atoms with Gasteiger partial charge in [0, 0.05) is 28.6 Å². The second kappa shape index (κ2) is 6.12. The molecule has 1 aliphatic rings. The highest BCUT2D eigenvalue weighted by molar-refractivity contribution is 8.00. The van der Waals surface area contributed by atoms with E-state index in [-0.39, 0.29) is 5.38 Å². The number of halogens is 1. The van der Waals surface area contributed by atoms with Crippen molar-refractivity contribution in [2.24, 2.45) is 5.92 Å². The third kappa shape index (κ3) is 3.64. The van der Waals surface area contributed by atoms with Crippen molar-refractivity contribution in [3.05, 3.63) is 29.8 Å². The lowest BCUT2D eigenvalue weighted by Gasteiger charge is -2.16. The van der Waals surface area contributed by atoms with E-state index in [9.17, 15) is 0 Å². The van der Waals surface area contributed by atoms with Gasteiger partial charge in [0.15, 0.2) is 0 Å². The highest BCUT2D eigenvalue weighted by Crippen LogP contribution is 2.36. The lowest BCUT2D eigenvalue weighted by molar-refractivity contribution is 0.543. The van der Waals surface area contributed by atoms with E-state index < -0.39 is 0 Å². The number of hydrogen-bond acceptors (Lipinski definition) is 2. The first-order valence-corrected chi connectivity index (χ1v) is 7.57. The van der Waals surface area contributed by atoms with E-state index in [2.05, 4.69) is 43.4 Å². The predicted molar refractivity (Wildman–Crippen MR) is 77.1 cm³/mol. The highest BCUT2D eigenvalue weighted by Gasteiger charge is 2.21. The van der Waals surface area contributed by atoms with Gasteiger partial charge in [0.25, 0.3) is 0 Å². The van der Waals surface area contributed by atoms with Gasteiger partial charge in [-0.25, -0.2) is 0 Å². The average molecular weight is 270 g/mol. The molecule has 0 fully saturated rings. The summed E-state index contributed by atoms with van der Waals surface area (Å²) in [5.74, 6) is 0.539. The third-order valence-electron chi connectivity index (χ3n) is 3.15. The molecule has 0 bridgehead atoms. The van der Waals surface area contributed by atoms with Gasteiger partial charge in [-0.05, 0) is 24.0 Å². The van der Waals surface area contributed by atoms with E-state index in [0.29, 0.717) is 11.2 Å². The Labute approximate surface area is 113 Å². The summed E-state index contributed by atoms with van der Waals surface area (Å²) >= 11 is 8.21. The van der Waals surface area contributed by atoms with Crippen LogP contribution in [0.25, 0.3) is 0 Å². The van der Waals surface area contributed by atoms with Gasteiger partial charge in [-0.3, -0.25) is 0 Å². The number of benzene rings is 1. The van der Waals surface area contributed by atoms with Gasteiger partial charge in [0.05, 0.1) is 0 Å². The van der Waals surface area contributed by atoms with Crippen LogP contribution < -0.4 is 5.32 Å². The molecule has 0 saturated carbocycles. The molecule has 2 unspecified atom stereocenters. The van der Waals surface area contributed by atoms with Crippen LogP contribution in [-0.4, -0.2) is 23.7 Å². The topological polar surface area (TPSA) is 12.0 Å². The molecule has 0 aromatic heterocycles. The number of nitrogens with one attached hydrogen (secondary N) is 1. The second-order valence-electron chi connectivity index (χ2n) is 4.97. The van der Waals surface area contributed by atoms with E-state index >= 15 is 0 Å². The van der Waals surface area contributed by atoms with Crippen molar-refractivity contribution < 1.29 is 0 Å². The predicted octanol–water partition coefficient (Wildman–Crippen LogP) is 3.56. The first kappa shape index (κ1) is 13.3. The minimum absolute atomic E-state index is 0.240. The van der Waals surface area contributed by atoms with Crippen molar-refractivity contribution in [1.82, 2.24) is 5.32 Å². The minimum Gasteiger partial charge on any atom is -0.314 e. The Balaban J connectivity index is 1.73. The van der Waals surface area contributed by atoms with Crippen molar-refractivity contribution in [3.8, 4) is 0 Å². The summed E-state index contributed by atoms with van der Waals surface area (Å²) in [4.78, 5) is 1.45. The Kier molecular flexibility index (Phi) is 4.78. The first-order valence-electron chi connectivity index (χ1n) is 6.26. The zero-order valence-corrected chi connectivity index (χ0v) is 12.0. The van der Waals surface area contributed by atoms with E-state index in [4.69, 9.17) is 11.6 Å². The molecule has 1 N–H and O–H groups in total. The normalized spacial score (nSPS) is 20.6. The van der Waals surface area contributed by atoms with Crippen LogP contribution in [0.4, 0.5) is 0 Å². The number of alkyl halides is 1. The van der Waals surface area contributed by atoms with Gasteiger partial charge in [-0.1, -0.05) is 32.0 Å².